The van der Waals surface area contributed by atoms with Crippen LogP contribution >= 0.6 is 0 Å². The number of aliphatic hydroxyl groups is 1. The van der Waals surface area contributed by atoms with Crippen LogP contribution in [-0.4, -0.2) is 61.0 Å². The summed E-state index contributed by atoms with van der Waals surface area (Å²) >= 11 is 0. The Morgan fingerprint density at radius 1 is 0.786 bits per heavy atom. The lowest BCUT2D eigenvalue weighted by atomic mass is 10.0. The first-order valence-electron chi connectivity index (χ1n) is 15.2. The molecule has 7 heteroatoms. The zero-order valence-electron chi connectivity index (χ0n) is 24.3. The number of nitrogens with one attached hydrogen (secondary N) is 2. The lowest BCUT2D eigenvalue weighted by Crippen LogP contribution is -2.53. The van der Waals surface area contributed by atoms with E-state index >= 15 is 0 Å². The summed E-state index contributed by atoms with van der Waals surface area (Å²) < 4.78 is 26.0. The van der Waals surface area contributed by atoms with Gasteiger partial charge in [0.25, 0.3) is 0 Å². The number of aliphatic hydroxyl groups excluding tert-OH is 1. The number of unbranched alkanes of at least 4 members (excludes halogenated alkanes) is 2. The van der Waals surface area contributed by atoms with Gasteiger partial charge >= 0.3 is 0 Å². The molecule has 4 atom stereocenters. The maximum Gasteiger partial charge on any atom is 0.184 e. The number of H-pyrrole nitrogens is 1. The van der Waals surface area contributed by atoms with E-state index in [1.54, 1.807) is 0 Å². The first kappa shape index (κ1) is 30.4. The lowest BCUT2D eigenvalue weighted by Gasteiger charge is -2.41. The fraction of sp³-hybridized carbons (Fsp3) is 0.429. The second kappa shape index (κ2) is 16.6. The van der Waals surface area contributed by atoms with Gasteiger partial charge in [-0.3, -0.25) is 0 Å². The molecule has 2 heterocycles. The molecule has 0 radical (unpaired) electrons. The van der Waals surface area contributed by atoms with Crippen LogP contribution in [0.4, 0.5) is 0 Å². The summed E-state index contributed by atoms with van der Waals surface area (Å²) in [6.45, 7) is 3.27. The Morgan fingerprint density at radius 2 is 1.48 bits per heavy atom. The summed E-state index contributed by atoms with van der Waals surface area (Å²) in [6.07, 6.45) is 3.16. The van der Waals surface area contributed by atoms with E-state index < -0.39 is 6.29 Å². The van der Waals surface area contributed by atoms with Crippen LogP contribution in [0.1, 0.15) is 42.5 Å². The summed E-state index contributed by atoms with van der Waals surface area (Å²) in [5.74, 6) is 0. The SMILES string of the molecule is OCCCCCNCC1OC(OCCc2cc3ccccc3[nH]2)C(OCc2ccccc2)CC1OCc1ccccc1. The fourth-order valence-electron chi connectivity index (χ4n) is 5.38. The van der Waals surface area contributed by atoms with Gasteiger partial charge < -0.3 is 34.4 Å². The normalized spacial score (nSPS) is 20.7. The summed E-state index contributed by atoms with van der Waals surface area (Å²) in [6, 6.07) is 30.9. The third-order valence-corrected chi connectivity index (χ3v) is 7.70. The molecule has 0 aliphatic carbocycles. The summed E-state index contributed by atoms with van der Waals surface area (Å²) in [4.78, 5) is 3.49. The molecule has 5 rings (SSSR count). The number of fused-ring (bicyclic) bond motifs is 1. The minimum Gasteiger partial charge on any atom is -0.396 e. The van der Waals surface area contributed by atoms with Crippen molar-refractivity contribution in [2.24, 2.45) is 0 Å². The number of para-hydroxylation sites is 1. The van der Waals surface area contributed by atoms with E-state index in [9.17, 15) is 0 Å². The third-order valence-electron chi connectivity index (χ3n) is 7.70. The van der Waals surface area contributed by atoms with Gasteiger partial charge in [-0.1, -0.05) is 78.9 Å². The fourth-order valence-corrected chi connectivity index (χ4v) is 5.38. The molecule has 1 fully saturated rings. The van der Waals surface area contributed by atoms with Crippen LogP contribution < -0.4 is 5.32 Å². The monoisotopic (exact) mass is 572 g/mol. The Labute approximate surface area is 249 Å². The number of benzene rings is 3. The molecule has 224 valence electrons. The van der Waals surface area contributed by atoms with E-state index in [0.717, 1.165) is 54.6 Å². The van der Waals surface area contributed by atoms with Crippen LogP contribution in [0.15, 0.2) is 91.0 Å². The molecule has 1 aromatic heterocycles. The lowest BCUT2D eigenvalue weighted by molar-refractivity contribution is -0.281. The van der Waals surface area contributed by atoms with Crippen molar-refractivity contribution in [3.8, 4) is 0 Å². The Kier molecular flexibility index (Phi) is 12.0. The molecule has 1 aliphatic rings. The summed E-state index contributed by atoms with van der Waals surface area (Å²) in [7, 11) is 0. The predicted molar refractivity (Wildman–Crippen MR) is 165 cm³/mol. The van der Waals surface area contributed by atoms with E-state index in [1.165, 1.54) is 5.39 Å². The highest BCUT2D eigenvalue weighted by molar-refractivity contribution is 5.80. The largest absolute Gasteiger partial charge is 0.396 e. The molecule has 0 saturated carbocycles. The Hall–Kier alpha value is -3.04. The molecule has 42 heavy (non-hydrogen) atoms. The van der Waals surface area contributed by atoms with Crippen LogP contribution in [0.25, 0.3) is 10.9 Å². The molecule has 4 unspecified atom stereocenters. The molecule has 7 nitrogen and oxygen atoms in total. The Morgan fingerprint density at radius 3 is 2.19 bits per heavy atom. The smallest absolute Gasteiger partial charge is 0.184 e. The van der Waals surface area contributed by atoms with Gasteiger partial charge in [-0.15, -0.1) is 0 Å². The van der Waals surface area contributed by atoms with E-state index in [1.807, 2.05) is 42.5 Å². The molecule has 3 aromatic carbocycles. The van der Waals surface area contributed by atoms with Gasteiger partial charge in [-0.2, -0.15) is 0 Å². The van der Waals surface area contributed by atoms with Crippen LogP contribution in [0, 0.1) is 0 Å². The van der Waals surface area contributed by atoms with Crippen molar-refractivity contribution in [1.29, 1.82) is 0 Å². The zero-order valence-corrected chi connectivity index (χ0v) is 24.3. The topological polar surface area (TPSA) is 85.0 Å². The van der Waals surface area contributed by atoms with E-state index in [-0.39, 0.29) is 24.9 Å². The maximum absolute atomic E-state index is 9.08. The second-order valence-electron chi connectivity index (χ2n) is 10.9. The highest BCUT2D eigenvalue weighted by atomic mass is 16.7. The van der Waals surface area contributed by atoms with Crippen LogP contribution in [-0.2, 0) is 38.6 Å². The first-order chi connectivity index (χ1) is 20.8. The van der Waals surface area contributed by atoms with Crippen molar-refractivity contribution in [3.63, 3.8) is 0 Å². The van der Waals surface area contributed by atoms with Gasteiger partial charge in [0.2, 0.25) is 0 Å². The van der Waals surface area contributed by atoms with E-state index in [4.69, 9.17) is 24.1 Å². The molecule has 4 aromatic rings. The summed E-state index contributed by atoms with van der Waals surface area (Å²) in [5.41, 5.74) is 4.52. The first-order valence-corrected chi connectivity index (χ1v) is 15.2. The van der Waals surface area contributed by atoms with Gasteiger partial charge in [0, 0.05) is 37.2 Å². The van der Waals surface area contributed by atoms with Gasteiger partial charge in [0.15, 0.2) is 6.29 Å². The standard InChI is InChI=1S/C35H44N2O5/c38-20-11-3-10-19-36-24-34-32(40-25-27-12-4-1-5-13-27)23-33(41-26-28-14-6-2-7-15-28)35(42-34)39-21-18-30-22-29-16-8-9-17-31(29)37-30/h1-2,4-9,12-17,22,32-38H,3,10-11,18-21,23-26H2. The molecule has 1 aliphatic heterocycles. The molecule has 0 spiro atoms. The number of hydrogen-bond donors (Lipinski definition) is 3. The zero-order chi connectivity index (χ0) is 28.8. The van der Waals surface area contributed by atoms with Crippen molar-refractivity contribution in [3.05, 3.63) is 108 Å². The molecule has 0 amide bonds. The highest BCUT2D eigenvalue weighted by Crippen LogP contribution is 2.28. The molecule has 3 N–H and O–H groups in total. The molecule has 1 saturated heterocycles. The third kappa shape index (κ3) is 9.23. The number of aromatic amines is 1. The Bertz CT molecular complexity index is 1270. The average molecular weight is 573 g/mol. The number of rotatable bonds is 17. The quantitative estimate of drug-likeness (QED) is 0.140. The molecule has 0 bridgehead atoms. The van der Waals surface area contributed by atoms with Gasteiger partial charge in [-0.25, -0.2) is 0 Å². The highest BCUT2D eigenvalue weighted by Gasteiger charge is 2.40. The minimum absolute atomic E-state index is 0.149. The molecular formula is C35H44N2O5. The second-order valence-corrected chi connectivity index (χ2v) is 10.9. The van der Waals surface area contributed by atoms with Gasteiger partial charge in [0.1, 0.15) is 6.10 Å². The van der Waals surface area contributed by atoms with Crippen LogP contribution in [0.2, 0.25) is 0 Å². The van der Waals surface area contributed by atoms with Crippen LogP contribution in [0.3, 0.4) is 0 Å². The van der Waals surface area contributed by atoms with E-state index in [0.29, 0.717) is 32.8 Å². The van der Waals surface area contributed by atoms with E-state index in [2.05, 4.69) is 58.8 Å². The molecular weight excluding hydrogens is 528 g/mol. The number of aromatic nitrogens is 1. The van der Waals surface area contributed by atoms with Crippen molar-refractivity contribution < 1.29 is 24.1 Å². The number of hydrogen-bond acceptors (Lipinski definition) is 6. The van der Waals surface area contributed by atoms with Crippen LogP contribution in [0.5, 0.6) is 0 Å². The Balaban J connectivity index is 1.24. The number of ether oxygens (including phenoxy) is 4. The average Bonchev–Trinajstić information content (AvgIpc) is 3.45. The minimum atomic E-state index is -0.504. The van der Waals surface area contributed by atoms with Crippen molar-refractivity contribution in [2.45, 2.75) is 69.9 Å². The predicted octanol–water partition coefficient (Wildman–Crippen LogP) is 5.77. The maximum atomic E-state index is 9.08. The van der Waals surface area contributed by atoms with Gasteiger partial charge in [0.05, 0.1) is 32.0 Å². The van der Waals surface area contributed by atoms with Crippen molar-refractivity contribution >= 4 is 10.9 Å². The van der Waals surface area contributed by atoms with Gasteiger partial charge in [-0.05, 0) is 54.5 Å². The summed E-state index contributed by atoms with van der Waals surface area (Å²) in [5, 5.41) is 13.8. The van der Waals surface area contributed by atoms with Crippen molar-refractivity contribution in [1.82, 2.24) is 10.3 Å². The van der Waals surface area contributed by atoms with Crippen molar-refractivity contribution in [2.75, 3.05) is 26.3 Å².